The maximum absolute atomic E-state index is 9.14. The molecule has 0 fully saturated rings. The number of aromatic amines is 1. The Labute approximate surface area is 117 Å². The fourth-order valence-electron chi connectivity index (χ4n) is 2.43. The number of para-hydroxylation sites is 1. The lowest BCUT2D eigenvalue weighted by atomic mass is 9.98. The normalized spacial score (nSPS) is 12.4. The zero-order valence-corrected chi connectivity index (χ0v) is 11.5. The molecule has 2 N–H and O–H groups in total. The Bertz CT molecular complexity index is 545. The number of benzene rings is 1. The van der Waals surface area contributed by atoms with Gasteiger partial charge in [0.2, 0.25) is 5.69 Å². The molecule has 18 heavy (non-hydrogen) atoms. The predicted octanol–water partition coefficient (Wildman–Crippen LogP) is -1.52. The van der Waals surface area contributed by atoms with Gasteiger partial charge in [-0.1, -0.05) is 12.1 Å². The van der Waals surface area contributed by atoms with E-state index in [0.717, 1.165) is 6.54 Å². The molecule has 1 aromatic heterocycles. The third-order valence-electron chi connectivity index (χ3n) is 3.19. The fraction of sp³-hybridized carbons (Fsp3) is 0.214. The van der Waals surface area contributed by atoms with Crippen LogP contribution in [0.2, 0.25) is 0 Å². The first kappa shape index (κ1) is 13.1. The highest BCUT2D eigenvalue weighted by Crippen LogP contribution is 2.35. The molecule has 3 nitrogen and oxygen atoms in total. The van der Waals surface area contributed by atoms with E-state index in [1.165, 1.54) is 22.5 Å². The highest BCUT2D eigenvalue weighted by atomic mass is 79.9. The van der Waals surface area contributed by atoms with E-state index in [-0.39, 0.29) is 23.6 Å². The van der Waals surface area contributed by atoms with Crippen LogP contribution in [0, 0.1) is 0 Å². The van der Waals surface area contributed by atoms with Gasteiger partial charge in [-0.15, -0.1) is 0 Å². The second-order valence-corrected chi connectivity index (χ2v) is 4.23. The number of anilines is 1. The van der Waals surface area contributed by atoms with Crippen LogP contribution in [0.1, 0.15) is 5.56 Å². The second kappa shape index (κ2) is 5.50. The van der Waals surface area contributed by atoms with Crippen molar-refractivity contribution in [1.82, 2.24) is 0 Å². The topological polar surface area (TPSA) is 37.6 Å². The molecule has 2 aromatic rings. The van der Waals surface area contributed by atoms with Crippen LogP contribution >= 0.6 is 0 Å². The first-order valence-corrected chi connectivity index (χ1v) is 5.85. The Morgan fingerprint density at radius 2 is 2.00 bits per heavy atom. The molecule has 1 aliphatic rings. The number of hydrogen-bond donors (Lipinski definition) is 1. The number of nitrogens with zero attached hydrogens (tertiary/aromatic N) is 1. The highest BCUT2D eigenvalue weighted by Gasteiger charge is 2.25. The number of nitrogens with one attached hydrogen (secondary N) is 1. The Kier molecular flexibility index (Phi) is 3.99. The van der Waals surface area contributed by atoms with Crippen LogP contribution in [-0.4, -0.2) is 18.3 Å². The van der Waals surface area contributed by atoms with Gasteiger partial charge < -0.3 is 27.0 Å². The second-order valence-electron chi connectivity index (χ2n) is 4.23. The lowest BCUT2D eigenvalue weighted by Crippen LogP contribution is -3.00. The molecule has 0 amide bonds. The number of aliphatic hydroxyl groups is 1. The Hall–Kier alpha value is -1.39. The van der Waals surface area contributed by atoms with Crippen molar-refractivity contribution in [2.24, 2.45) is 0 Å². The molecular formula is C14H15BrN2O. The smallest absolute Gasteiger partial charge is 0.217 e. The first-order valence-electron chi connectivity index (χ1n) is 5.85. The van der Waals surface area contributed by atoms with Crippen molar-refractivity contribution in [2.75, 3.05) is 18.1 Å². The number of H-pyrrole nitrogens is 1. The Balaban J connectivity index is 0.00000120. The van der Waals surface area contributed by atoms with Gasteiger partial charge >= 0.3 is 0 Å². The molecule has 0 aliphatic carbocycles. The van der Waals surface area contributed by atoms with Crippen LogP contribution < -0.4 is 26.9 Å². The summed E-state index contributed by atoms with van der Waals surface area (Å²) in [7, 11) is 0. The average molecular weight is 307 g/mol. The predicted molar refractivity (Wildman–Crippen MR) is 66.6 cm³/mol. The van der Waals surface area contributed by atoms with Crippen molar-refractivity contribution in [3.8, 4) is 11.3 Å². The lowest BCUT2D eigenvalue weighted by molar-refractivity contribution is -0.365. The van der Waals surface area contributed by atoms with Gasteiger partial charge in [-0.05, 0) is 18.2 Å². The van der Waals surface area contributed by atoms with Crippen molar-refractivity contribution in [3.63, 3.8) is 0 Å². The van der Waals surface area contributed by atoms with Crippen LogP contribution in [0.5, 0.6) is 0 Å². The van der Waals surface area contributed by atoms with Gasteiger partial charge in [-0.25, -0.2) is 4.98 Å². The summed E-state index contributed by atoms with van der Waals surface area (Å²) in [6.07, 6.45) is 1.96. The maximum Gasteiger partial charge on any atom is 0.217 e. The highest BCUT2D eigenvalue weighted by molar-refractivity contribution is 5.79. The van der Waals surface area contributed by atoms with Gasteiger partial charge in [0.1, 0.15) is 0 Å². The third kappa shape index (κ3) is 2.13. The monoisotopic (exact) mass is 306 g/mol. The number of fused-ring (bicyclic) bond motifs is 3. The van der Waals surface area contributed by atoms with E-state index in [2.05, 4.69) is 28.1 Å². The maximum atomic E-state index is 9.14. The number of aromatic nitrogens is 1. The zero-order chi connectivity index (χ0) is 11.7. The van der Waals surface area contributed by atoms with E-state index in [4.69, 9.17) is 5.11 Å². The minimum Gasteiger partial charge on any atom is -1.00 e. The molecule has 1 aromatic carbocycles. The van der Waals surface area contributed by atoms with E-state index >= 15 is 0 Å². The molecule has 0 spiro atoms. The number of aliphatic hydroxyl groups excluding tert-OH is 1. The van der Waals surface area contributed by atoms with Crippen LogP contribution in [0.4, 0.5) is 5.69 Å². The molecule has 0 bridgehead atoms. The third-order valence-corrected chi connectivity index (χ3v) is 3.19. The lowest BCUT2D eigenvalue weighted by Gasteiger charge is -2.29. The van der Waals surface area contributed by atoms with Gasteiger partial charge in [0, 0.05) is 24.7 Å². The summed E-state index contributed by atoms with van der Waals surface area (Å²) in [5.74, 6) is 0. The average Bonchev–Trinajstić information content (AvgIpc) is 2.39. The Morgan fingerprint density at radius 1 is 1.17 bits per heavy atom. The van der Waals surface area contributed by atoms with Crippen molar-refractivity contribution in [2.45, 2.75) is 6.54 Å². The number of rotatable bonds is 2. The first-order chi connectivity index (χ1) is 8.40. The molecule has 0 radical (unpaired) electrons. The summed E-state index contributed by atoms with van der Waals surface area (Å²) in [6.45, 7) is 1.70. The van der Waals surface area contributed by atoms with Gasteiger partial charge in [0.05, 0.1) is 17.9 Å². The van der Waals surface area contributed by atoms with Crippen molar-refractivity contribution >= 4 is 5.69 Å². The van der Waals surface area contributed by atoms with Crippen molar-refractivity contribution < 1.29 is 27.1 Å². The van der Waals surface area contributed by atoms with Gasteiger partial charge in [0.25, 0.3) is 0 Å². The van der Waals surface area contributed by atoms with E-state index < -0.39 is 0 Å². The summed E-state index contributed by atoms with van der Waals surface area (Å²) in [4.78, 5) is 5.53. The molecule has 4 heteroatoms. The minimum atomic E-state index is 0. The zero-order valence-electron chi connectivity index (χ0n) is 9.94. The van der Waals surface area contributed by atoms with Crippen LogP contribution in [0.3, 0.4) is 0 Å². The van der Waals surface area contributed by atoms with Crippen molar-refractivity contribution in [3.05, 3.63) is 48.2 Å². The van der Waals surface area contributed by atoms with Crippen LogP contribution in [0.25, 0.3) is 11.3 Å². The number of halogens is 1. The molecule has 0 saturated heterocycles. The summed E-state index contributed by atoms with van der Waals surface area (Å²) < 4.78 is 0. The van der Waals surface area contributed by atoms with E-state index in [1.54, 1.807) is 0 Å². The molecule has 3 rings (SSSR count). The van der Waals surface area contributed by atoms with Crippen LogP contribution in [-0.2, 0) is 6.54 Å². The van der Waals surface area contributed by atoms with E-state index in [9.17, 15) is 0 Å². The largest absolute Gasteiger partial charge is 1.00 e. The molecule has 0 unspecified atom stereocenters. The molecule has 1 aliphatic heterocycles. The minimum absolute atomic E-state index is 0. The SMILES string of the molecule is OCCN1Cc2ccc[nH+]c2-c2ccccc21.[Br-]. The summed E-state index contributed by atoms with van der Waals surface area (Å²) >= 11 is 0. The molecule has 0 atom stereocenters. The van der Waals surface area contributed by atoms with Crippen LogP contribution in [0.15, 0.2) is 42.6 Å². The molecular weight excluding hydrogens is 292 g/mol. The summed E-state index contributed by atoms with van der Waals surface area (Å²) in [5, 5.41) is 9.14. The number of β-amino-alcohol motifs (C(OH)–C–C–N with tert-alkyl or cyclic N) is 1. The quantitative estimate of drug-likeness (QED) is 0.732. The summed E-state index contributed by atoms with van der Waals surface area (Å²) in [6, 6.07) is 12.5. The fourth-order valence-corrected chi connectivity index (χ4v) is 2.43. The van der Waals surface area contributed by atoms with Gasteiger partial charge in [-0.2, -0.15) is 0 Å². The molecule has 94 valence electrons. The number of pyridine rings is 1. The van der Waals surface area contributed by atoms with Gasteiger partial charge in [0.15, 0.2) is 6.20 Å². The van der Waals surface area contributed by atoms with Crippen molar-refractivity contribution in [1.29, 1.82) is 0 Å². The summed E-state index contributed by atoms with van der Waals surface area (Å²) in [5.41, 5.74) is 4.87. The van der Waals surface area contributed by atoms with Gasteiger partial charge in [-0.3, -0.25) is 0 Å². The standard InChI is InChI=1S/C14H14N2O.BrH/c17-9-8-16-10-11-4-3-7-15-14(11)12-5-1-2-6-13(12)16;/h1-7,17H,8-10H2;1H. The Morgan fingerprint density at radius 3 is 2.83 bits per heavy atom. The number of hydrogen-bond acceptors (Lipinski definition) is 2. The molecule has 0 saturated carbocycles. The molecule has 2 heterocycles. The van der Waals surface area contributed by atoms with E-state index in [0.29, 0.717) is 6.54 Å². The van der Waals surface area contributed by atoms with E-state index in [1.807, 2.05) is 24.4 Å².